The fourth-order valence-corrected chi connectivity index (χ4v) is 3.17. The molecule has 0 fully saturated rings. The Morgan fingerprint density at radius 2 is 1.88 bits per heavy atom. The number of amides is 1. The Morgan fingerprint density at radius 1 is 1.12 bits per heavy atom. The van der Waals surface area contributed by atoms with Crippen molar-refractivity contribution >= 4 is 35.2 Å². The first-order valence-electron chi connectivity index (χ1n) is 9.69. The molecule has 2 aromatic carbocycles. The lowest BCUT2D eigenvalue weighted by molar-refractivity contribution is -0.111. The lowest BCUT2D eigenvalue weighted by Gasteiger charge is -2.10. The molecule has 0 saturated heterocycles. The lowest BCUT2D eigenvalue weighted by atomic mass is 10.2. The normalized spacial score (nSPS) is 10.8. The highest BCUT2D eigenvalue weighted by Crippen LogP contribution is 2.36. The molecule has 0 aliphatic rings. The van der Waals surface area contributed by atoms with E-state index in [0.29, 0.717) is 27.8 Å². The molecule has 3 rings (SSSR count). The van der Waals surface area contributed by atoms with Gasteiger partial charge in [-0.25, -0.2) is 9.48 Å². The molecular weight excluding hydrogens is 434 g/mol. The number of nitrogens with zero attached hydrogens (tertiary/aromatic N) is 2. The summed E-state index contributed by atoms with van der Waals surface area (Å²) in [7, 11) is 3.02. The van der Waals surface area contributed by atoms with Gasteiger partial charge in [0.2, 0.25) is 5.91 Å². The van der Waals surface area contributed by atoms with Gasteiger partial charge in [-0.15, -0.1) is 0 Å². The quantitative estimate of drug-likeness (QED) is 0.400. The number of halogens is 1. The van der Waals surface area contributed by atoms with Crippen molar-refractivity contribution in [2.45, 2.75) is 6.92 Å². The first kappa shape index (κ1) is 22.9. The summed E-state index contributed by atoms with van der Waals surface area (Å²) in [6, 6.07) is 12.0. The molecule has 0 radical (unpaired) electrons. The molecule has 9 heteroatoms. The van der Waals surface area contributed by atoms with Gasteiger partial charge in [0.05, 0.1) is 31.5 Å². The minimum absolute atomic E-state index is 0.227. The van der Waals surface area contributed by atoms with E-state index < -0.39 is 5.97 Å². The maximum Gasteiger partial charge on any atom is 0.358 e. The number of esters is 1. The van der Waals surface area contributed by atoms with Gasteiger partial charge in [0.25, 0.3) is 0 Å². The molecule has 0 spiro atoms. The third-order valence-electron chi connectivity index (χ3n) is 4.36. The molecule has 8 nitrogen and oxygen atoms in total. The van der Waals surface area contributed by atoms with Crippen molar-refractivity contribution in [1.82, 2.24) is 9.78 Å². The number of aromatic nitrogens is 2. The Labute approximate surface area is 190 Å². The maximum atomic E-state index is 12.3. The number of anilines is 1. The van der Waals surface area contributed by atoms with Crippen LogP contribution in [0.4, 0.5) is 5.69 Å². The molecule has 1 amide bonds. The Balaban J connectivity index is 1.65. The standard InChI is InChI=1S/C23H22ClN3O5/c1-4-32-23(29)19-11-12-27(26-19)17-8-6-16(7-9-17)25-21(28)10-5-15-13-18(24)22(31-3)20(14-15)30-2/h5-14H,4H2,1-3H3,(H,25,28). The molecular formula is C23H22ClN3O5. The number of methoxy groups -OCH3 is 2. The monoisotopic (exact) mass is 455 g/mol. The van der Waals surface area contributed by atoms with Crippen molar-refractivity contribution in [3.05, 3.63) is 71.0 Å². The van der Waals surface area contributed by atoms with Gasteiger partial charge >= 0.3 is 5.97 Å². The van der Waals surface area contributed by atoms with Crippen LogP contribution in [-0.2, 0) is 9.53 Å². The van der Waals surface area contributed by atoms with Gasteiger partial charge < -0.3 is 19.5 Å². The summed E-state index contributed by atoms with van der Waals surface area (Å²) in [5.74, 6) is 0.118. The number of carbonyl (C=O) groups is 2. The number of ether oxygens (including phenoxy) is 3. The van der Waals surface area contributed by atoms with Gasteiger partial charge in [-0.05, 0) is 61.0 Å². The van der Waals surface area contributed by atoms with Crippen LogP contribution in [-0.4, -0.2) is 42.5 Å². The van der Waals surface area contributed by atoms with Crippen LogP contribution in [0, 0.1) is 0 Å². The molecule has 0 bridgehead atoms. The van der Waals surface area contributed by atoms with Crippen LogP contribution in [0.15, 0.2) is 54.7 Å². The van der Waals surface area contributed by atoms with Crippen LogP contribution in [0.25, 0.3) is 11.8 Å². The van der Waals surface area contributed by atoms with Crippen LogP contribution in [0.2, 0.25) is 5.02 Å². The van der Waals surface area contributed by atoms with Crippen molar-refractivity contribution in [3.63, 3.8) is 0 Å². The van der Waals surface area contributed by atoms with Crippen LogP contribution >= 0.6 is 11.6 Å². The molecule has 0 unspecified atom stereocenters. The highest BCUT2D eigenvalue weighted by atomic mass is 35.5. The van der Waals surface area contributed by atoms with Crippen LogP contribution < -0.4 is 14.8 Å². The first-order valence-corrected chi connectivity index (χ1v) is 10.1. The second-order valence-electron chi connectivity index (χ2n) is 6.47. The summed E-state index contributed by atoms with van der Waals surface area (Å²) >= 11 is 6.19. The van der Waals surface area contributed by atoms with Crippen molar-refractivity contribution in [2.75, 3.05) is 26.1 Å². The summed E-state index contributed by atoms with van der Waals surface area (Å²) < 4.78 is 17.0. The molecule has 166 valence electrons. The zero-order valence-electron chi connectivity index (χ0n) is 17.8. The molecule has 1 N–H and O–H groups in total. The van der Waals surface area contributed by atoms with Crippen molar-refractivity contribution in [1.29, 1.82) is 0 Å². The molecule has 0 aliphatic heterocycles. The highest BCUT2D eigenvalue weighted by Gasteiger charge is 2.11. The Hall–Kier alpha value is -3.78. The average Bonchev–Trinajstić information content (AvgIpc) is 3.28. The van der Waals surface area contributed by atoms with E-state index in [-0.39, 0.29) is 18.2 Å². The minimum atomic E-state index is -0.474. The number of hydrogen-bond donors (Lipinski definition) is 1. The molecule has 0 aliphatic carbocycles. The van der Waals surface area contributed by atoms with Gasteiger partial charge in [0.15, 0.2) is 17.2 Å². The molecule has 0 atom stereocenters. The Bertz CT molecular complexity index is 1140. The van der Waals surface area contributed by atoms with E-state index in [1.165, 1.54) is 20.3 Å². The number of carbonyl (C=O) groups excluding carboxylic acids is 2. The molecule has 3 aromatic rings. The zero-order chi connectivity index (χ0) is 23.1. The summed E-state index contributed by atoms with van der Waals surface area (Å²) in [6.07, 6.45) is 4.68. The topological polar surface area (TPSA) is 91.7 Å². The Morgan fingerprint density at radius 3 is 2.53 bits per heavy atom. The smallest absolute Gasteiger partial charge is 0.358 e. The number of benzene rings is 2. The zero-order valence-corrected chi connectivity index (χ0v) is 18.6. The molecule has 0 saturated carbocycles. The fourth-order valence-electron chi connectivity index (χ4n) is 2.87. The third kappa shape index (κ3) is 5.47. The fraction of sp³-hybridized carbons (Fsp3) is 0.174. The number of hydrogen-bond acceptors (Lipinski definition) is 6. The predicted octanol–water partition coefficient (Wildman–Crippen LogP) is 4.37. The second kappa shape index (κ2) is 10.5. The van der Waals surface area contributed by atoms with Crippen molar-refractivity contribution < 1.29 is 23.8 Å². The van der Waals surface area contributed by atoms with Crippen LogP contribution in [0.3, 0.4) is 0 Å². The minimum Gasteiger partial charge on any atom is -0.493 e. The first-order chi connectivity index (χ1) is 15.4. The van der Waals surface area contributed by atoms with Crippen LogP contribution in [0.5, 0.6) is 11.5 Å². The van der Waals surface area contributed by atoms with Gasteiger partial charge in [-0.3, -0.25) is 4.79 Å². The van der Waals surface area contributed by atoms with Crippen molar-refractivity contribution in [3.8, 4) is 17.2 Å². The van der Waals surface area contributed by atoms with Gasteiger partial charge in [-0.2, -0.15) is 5.10 Å². The van der Waals surface area contributed by atoms with E-state index in [1.54, 1.807) is 66.3 Å². The van der Waals surface area contributed by atoms with E-state index in [2.05, 4.69) is 10.4 Å². The summed E-state index contributed by atoms with van der Waals surface area (Å²) in [4.78, 5) is 24.0. The van der Waals surface area contributed by atoms with E-state index in [9.17, 15) is 9.59 Å². The van der Waals surface area contributed by atoms with Crippen LogP contribution in [0.1, 0.15) is 23.0 Å². The van der Waals surface area contributed by atoms with E-state index >= 15 is 0 Å². The lowest BCUT2D eigenvalue weighted by Crippen LogP contribution is -2.08. The number of rotatable bonds is 8. The van der Waals surface area contributed by atoms with Crippen molar-refractivity contribution in [2.24, 2.45) is 0 Å². The largest absolute Gasteiger partial charge is 0.493 e. The van der Waals surface area contributed by atoms with Gasteiger partial charge in [0, 0.05) is 18.0 Å². The third-order valence-corrected chi connectivity index (χ3v) is 4.64. The highest BCUT2D eigenvalue weighted by molar-refractivity contribution is 6.32. The van der Waals surface area contributed by atoms with Gasteiger partial charge in [0.1, 0.15) is 0 Å². The second-order valence-corrected chi connectivity index (χ2v) is 6.88. The average molecular weight is 456 g/mol. The summed E-state index contributed by atoms with van der Waals surface area (Å²) in [5, 5.41) is 7.36. The number of nitrogens with one attached hydrogen (secondary N) is 1. The SMILES string of the molecule is CCOC(=O)c1ccn(-c2ccc(NC(=O)C=Cc3cc(Cl)c(OC)c(OC)c3)cc2)n1. The molecule has 1 aromatic heterocycles. The van der Waals surface area contributed by atoms with E-state index in [1.807, 2.05) is 0 Å². The molecule has 1 heterocycles. The maximum absolute atomic E-state index is 12.3. The van der Waals surface area contributed by atoms with E-state index in [0.717, 1.165) is 5.69 Å². The van der Waals surface area contributed by atoms with Gasteiger partial charge in [-0.1, -0.05) is 11.6 Å². The summed E-state index contributed by atoms with van der Waals surface area (Å²) in [5.41, 5.74) is 2.25. The summed E-state index contributed by atoms with van der Waals surface area (Å²) in [6.45, 7) is 2.02. The molecule has 32 heavy (non-hydrogen) atoms. The van der Waals surface area contributed by atoms with E-state index in [4.69, 9.17) is 25.8 Å². The predicted molar refractivity (Wildman–Crippen MR) is 122 cm³/mol. The Kier molecular flexibility index (Phi) is 7.51.